The van der Waals surface area contributed by atoms with Gasteiger partial charge in [0.05, 0.1) is 11.1 Å². The molecule has 0 fully saturated rings. The second-order valence-corrected chi connectivity index (χ2v) is 6.92. The maximum absolute atomic E-state index is 12.0. The molecular formula is C8H4ClN5O4S2. The smallest absolute Gasteiger partial charge is 0.262 e. The highest BCUT2D eigenvalue weighted by Gasteiger charge is 2.26. The number of aromatic amines is 1. The van der Waals surface area contributed by atoms with Crippen molar-refractivity contribution in [3.63, 3.8) is 0 Å². The second kappa shape index (κ2) is 5.08. The molecule has 0 aliphatic carbocycles. The molecular weight excluding hydrogens is 330 g/mol. The van der Waals surface area contributed by atoms with Crippen molar-refractivity contribution >= 4 is 44.5 Å². The fourth-order valence-electron chi connectivity index (χ4n) is 1.23. The number of hydrogen-bond acceptors (Lipinski definition) is 7. The quantitative estimate of drug-likeness (QED) is 0.644. The summed E-state index contributed by atoms with van der Waals surface area (Å²) in [5.41, 5.74) is -0.507. The van der Waals surface area contributed by atoms with Crippen LogP contribution in [0.3, 0.4) is 0 Å². The number of thiophene rings is 1. The zero-order valence-electron chi connectivity index (χ0n) is 9.32. The Balaban J connectivity index is 2.39. The molecule has 0 amide bonds. The van der Waals surface area contributed by atoms with E-state index in [1.807, 2.05) is 0 Å². The zero-order valence-corrected chi connectivity index (χ0v) is 11.7. The lowest BCUT2D eigenvalue weighted by Crippen LogP contribution is -2.12. The summed E-state index contributed by atoms with van der Waals surface area (Å²) in [6.07, 6.45) is 1.14. The fraction of sp³-hybridized carbons (Fsp3) is 0. The molecule has 0 saturated heterocycles. The van der Waals surface area contributed by atoms with Crippen LogP contribution in [0.1, 0.15) is 5.56 Å². The van der Waals surface area contributed by atoms with E-state index >= 15 is 0 Å². The molecule has 0 radical (unpaired) electrons. The zero-order chi connectivity index (χ0) is 14.9. The first kappa shape index (κ1) is 14.3. The Bertz CT molecular complexity index is 818. The highest BCUT2D eigenvalue weighted by Crippen LogP contribution is 2.36. The van der Waals surface area contributed by atoms with Crippen LogP contribution in [0, 0.1) is 21.4 Å². The number of sulfonamides is 1. The molecule has 0 spiro atoms. The van der Waals surface area contributed by atoms with Gasteiger partial charge in [0.1, 0.15) is 15.8 Å². The molecule has 20 heavy (non-hydrogen) atoms. The van der Waals surface area contributed by atoms with Crippen molar-refractivity contribution in [2.75, 3.05) is 4.72 Å². The summed E-state index contributed by atoms with van der Waals surface area (Å²) in [5.74, 6) is -0.125. The molecule has 2 aromatic rings. The number of rotatable bonds is 4. The summed E-state index contributed by atoms with van der Waals surface area (Å²) in [4.78, 5) is 9.85. The minimum absolute atomic E-state index is 0.00859. The van der Waals surface area contributed by atoms with Crippen LogP contribution in [-0.2, 0) is 10.0 Å². The van der Waals surface area contributed by atoms with Crippen LogP contribution in [0.15, 0.2) is 16.5 Å². The van der Waals surface area contributed by atoms with Crippen molar-refractivity contribution < 1.29 is 13.3 Å². The van der Waals surface area contributed by atoms with Crippen LogP contribution < -0.4 is 4.72 Å². The van der Waals surface area contributed by atoms with Crippen molar-refractivity contribution in [2.45, 2.75) is 4.21 Å². The predicted molar refractivity (Wildman–Crippen MR) is 70.1 cm³/mol. The van der Waals surface area contributed by atoms with Crippen molar-refractivity contribution in [3.05, 3.63) is 32.3 Å². The van der Waals surface area contributed by atoms with Gasteiger partial charge in [-0.05, 0) is 0 Å². The first-order valence-corrected chi connectivity index (χ1v) is 7.43. The normalized spacial score (nSPS) is 11.0. The third-order valence-corrected chi connectivity index (χ3v) is 5.27. The van der Waals surface area contributed by atoms with Crippen molar-refractivity contribution in [1.82, 2.24) is 10.2 Å². The Morgan fingerprint density at radius 3 is 2.85 bits per heavy atom. The predicted octanol–water partition coefficient (Wildman–Crippen LogP) is 1.71. The van der Waals surface area contributed by atoms with Gasteiger partial charge in [0.15, 0.2) is 10.2 Å². The number of halogens is 1. The number of nitrogens with zero attached hydrogens (tertiary/aromatic N) is 3. The van der Waals surface area contributed by atoms with Crippen molar-refractivity contribution in [3.8, 4) is 6.07 Å². The molecule has 0 bridgehead atoms. The molecule has 0 saturated carbocycles. The summed E-state index contributed by atoms with van der Waals surface area (Å²) < 4.78 is 25.5. The number of aromatic nitrogens is 2. The van der Waals surface area contributed by atoms with Crippen LogP contribution in [-0.4, -0.2) is 23.5 Å². The summed E-state index contributed by atoms with van der Waals surface area (Å²) in [5, 5.41) is 25.2. The summed E-state index contributed by atoms with van der Waals surface area (Å²) in [6, 6.07) is 2.58. The van der Waals surface area contributed by atoms with Gasteiger partial charge >= 0.3 is 0 Å². The van der Waals surface area contributed by atoms with Crippen LogP contribution in [0.4, 0.5) is 11.5 Å². The number of anilines is 1. The molecule has 2 N–H and O–H groups in total. The highest BCUT2D eigenvalue weighted by molar-refractivity contribution is 7.94. The molecule has 0 unspecified atom stereocenters. The van der Waals surface area contributed by atoms with Crippen molar-refractivity contribution in [2.24, 2.45) is 0 Å². The van der Waals surface area contributed by atoms with E-state index in [9.17, 15) is 18.5 Å². The lowest BCUT2D eigenvalue weighted by atomic mass is 10.4. The molecule has 0 aliphatic heterocycles. The standard InChI is InChI=1S/C8H4ClN5O4S2/c9-7-5(14(15)16)1-6(19-7)20(17,18)13-8-4(2-10)3-11-12-8/h1,3H,(H2,11,12,13). The highest BCUT2D eigenvalue weighted by atomic mass is 35.5. The Hall–Kier alpha value is -2.16. The SMILES string of the molecule is N#Cc1cn[nH]c1NS(=O)(=O)c1cc([N+](=O)[O-])c(Cl)s1. The van der Waals surface area contributed by atoms with Gasteiger partial charge < -0.3 is 0 Å². The Morgan fingerprint density at radius 1 is 1.60 bits per heavy atom. The average Bonchev–Trinajstić information content (AvgIpc) is 2.95. The van der Waals surface area contributed by atoms with E-state index in [4.69, 9.17) is 16.9 Å². The molecule has 0 atom stereocenters. The van der Waals surface area contributed by atoms with Gasteiger partial charge in [0, 0.05) is 6.07 Å². The number of nitrogens with one attached hydrogen (secondary N) is 2. The molecule has 2 heterocycles. The summed E-state index contributed by atoms with van der Waals surface area (Å²) in [6.45, 7) is 0. The average molecular weight is 334 g/mol. The van der Waals surface area contributed by atoms with Crippen molar-refractivity contribution in [1.29, 1.82) is 5.26 Å². The van der Waals surface area contributed by atoms with Crippen LogP contribution >= 0.6 is 22.9 Å². The lowest BCUT2D eigenvalue weighted by Gasteiger charge is -2.02. The second-order valence-electron chi connectivity index (χ2n) is 3.36. The van der Waals surface area contributed by atoms with Gasteiger partial charge in [-0.25, -0.2) is 8.42 Å². The van der Waals surface area contributed by atoms with Gasteiger partial charge in [-0.2, -0.15) is 10.4 Å². The number of nitro groups is 1. The fourth-order valence-corrected chi connectivity index (χ4v) is 3.93. The number of nitriles is 1. The molecule has 12 heteroatoms. The lowest BCUT2D eigenvalue weighted by molar-refractivity contribution is -0.384. The molecule has 2 rings (SSSR count). The van der Waals surface area contributed by atoms with E-state index in [2.05, 4.69) is 14.9 Å². The Kier molecular flexibility index (Phi) is 3.62. The van der Waals surface area contributed by atoms with E-state index < -0.39 is 20.6 Å². The molecule has 0 aromatic carbocycles. The van der Waals surface area contributed by atoms with Gasteiger partial charge in [-0.3, -0.25) is 19.9 Å². The maximum Gasteiger partial charge on any atom is 0.300 e. The van der Waals surface area contributed by atoms with E-state index in [1.165, 1.54) is 0 Å². The van der Waals surface area contributed by atoms with E-state index in [-0.39, 0.29) is 19.9 Å². The first-order chi connectivity index (χ1) is 9.35. The van der Waals surface area contributed by atoms with E-state index in [0.717, 1.165) is 12.3 Å². The molecule has 2 aromatic heterocycles. The van der Waals surface area contributed by atoms with Gasteiger partial charge in [0.2, 0.25) is 0 Å². The maximum atomic E-state index is 12.0. The van der Waals surface area contributed by atoms with Crippen LogP contribution in [0.5, 0.6) is 0 Å². The summed E-state index contributed by atoms with van der Waals surface area (Å²) >= 11 is 6.14. The summed E-state index contributed by atoms with van der Waals surface area (Å²) in [7, 11) is -4.09. The van der Waals surface area contributed by atoms with E-state index in [0.29, 0.717) is 11.3 Å². The van der Waals surface area contributed by atoms with Gasteiger partial charge in [-0.15, -0.1) is 11.3 Å². The van der Waals surface area contributed by atoms with Gasteiger partial charge in [-0.1, -0.05) is 11.6 Å². The number of hydrogen-bond donors (Lipinski definition) is 2. The Morgan fingerprint density at radius 2 is 2.30 bits per heavy atom. The topological polar surface area (TPSA) is 142 Å². The third-order valence-electron chi connectivity index (χ3n) is 2.10. The van der Waals surface area contributed by atoms with E-state index in [1.54, 1.807) is 6.07 Å². The Labute approximate surface area is 121 Å². The van der Waals surface area contributed by atoms with Gasteiger partial charge in [0.25, 0.3) is 15.7 Å². The monoisotopic (exact) mass is 333 g/mol. The molecule has 0 aliphatic rings. The van der Waals surface area contributed by atoms with Crippen LogP contribution in [0.2, 0.25) is 4.34 Å². The van der Waals surface area contributed by atoms with Crippen LogP contribution in [0.25, 0.3) is 0 Å². The molecule has 104 valence electrons. The number of H-pyrrole nitrogens is 1. The third kappa shape index (κ3) is 2.57. The minimum atomic E-state index is -4.09. The first-order valence-electron chi connectivity index (χ1n) is 4.75. The molecule has 9 nitrogen and oxygen atoms in total. The largest absolute Gasteiger partial charge is 0.300 e. The minimum Gasteiger partial charge on any atom is -0.262 e.